The molecule has 1 heterocycles. The first kappa shape index (κ1) is 14.1. The first-order valence-electron chi connectivity index (χ1n) is 7.93. The first-order valence-corrected chi connectivity index (χ1v) is 8.72. The van der Waals surface area contributed by atoms with E-state index in [1.807, 2.05) is 0 Å². The Kier molecular flexibility index (Phi) is 3.37. The van der Waals surface area contributed by atoms with Gasteiger partial charge in [-0.15, -0.1) is 0 Å². The average Bonchev–Trinajstić information content (AvgIpc) is 2.94. The third kappa shape index (κ3) is 2.21. The molecule has 2 aromatic rings. The third-order valence-electron chi connectivity index (χ3n) is 5.02. The van der Waals surface area contributed by atoms with E-state index < -0.39 is 0 Å². The Morgan fingerprint density at radius 3 is 2.82 bits per heavy atom. The van der Waals surface area contributed by atoms with Gasteiger partial charge in [-0.2, -0.15) is 0 Å². The van der Waals surface area contributed by atoms with Crippen LogP contribution in [0, 0.1) is 19.8 Å². The van der Waals surface area contributed by atoms with Crippen molar-refractivity contribution in [3.8, 4) is 0 Å². The van der Waals surface area contributed by atoms with Gasteiger partial charge in [-0.1, -0.05) is 46.3 Å². The number of nitrogens with one attached hydrogen (secondary N) is 1. The molecule has 0 amide bonds. The number of aryl methyl sites for hydroxylation is 2. The quantitative estimate of drug-likeness (QED) is 0.630. The highest BCUT2D eigenvalue weighted by molar-refractivity contribution is 9.10. The predicted molar refractivity (Wildman–Crippen MR) is 96.4 cm³/mol. The van der Waals surface area contributed by atoms with Gasteiger partial charge in [0.25, 0.3) is 0 Å². The van der Waals surface area contributed by atoms with Gasteiger partial charge in [-0.3, -0.25) is 0 Å². The molecule has 1 N–H and O–H groups in total. The van der Waals surface area contributed by atoms with E-state index >= 15 is 0 Å². The van der Waals surface area contributed by atoms with Crippen molar-refractivity contribution < 1.29 is 0 Å². The number of hydrogen-bond acceptors (Lipinski definition) is 1. The smallest absolute Gasteiger partial charge is 0.0554 e. The van der Waals surface area contributed by atoms with Crippen molar-refractivity contribution in [2.24, 2.45) is 5.92 Å². The number of halogens is 1. The van der Waals surface area contributed by atoms with Crippen LogP contribution < -0.4 is 5.32 Å². The van der Waals surface area contributed by atoms with Crippen LogP contribution in [0.25, 0.3) is 0 Å². The van der Waals surface area contributed by atoms with Crippen LogP contribution in [0.1, 0.15) is 40.6 Å². The molecule has 0 bridgehead atoms. The van der Waals surface area contributed by atoms with E-state index in [4.69, 9.17) is 0 Å². The first-order chi connectivity index (χ1) is 10.6. The van der Waals surface area contributed by atoms with E-state index in [1.54, 1.807) is 0 Å². The van der Waals surface area contributed by atoms with Crippen LogP contribution in [-0.2, 0) is 0 Å². The largest absolute Gasteiger partial charge is 0.378 e. The van der Waals surface area contributed by atoms with E-state index in [0.29, 0.717) is 17.9 Å². The second-order valence-electron chi connectivity index (χ2n) is 6.57. The Balaban J connectivity index is 1.84. The molecule has 22 heavy (non-hydrogen) atoms. The summed E-state index contributed by atoms with van der Waals surface area (Å²) in [6.45, 7) is 4.43. The Labute approximate surface area is 140 Å². The standard InChI is InChI=1S/C20H20BrN/c1-12-9-13(2)19-16-7-4-8-17(16)20(22-18(19)10-12)14-5-3-6-15(21)11-14/h3-7,9-11,16-17,20,22H,8H2,1-2H3/t16-,17+,20+/m1/s1. The SMILES string of the molecule is Cc1cc(C)c2c(c1)N[C@@H](c1cccc(Br)c1)[C@H]1CC=C[C@@H]21. The number of fused-ring (bicyclic) bond motifs is 3. The molecule has 0 radical (unpaired) electrons. The Morgan fingerprint density at radius 1 is 1.14 bits per heavy atom. The average molecular weight is 354 g/mol. The van der Waals surface area contributed by atoms with Crippen molar-refractivity contribution in [1.29, 1.82) is 0 Å². The number of rotatable bonds is 1. The molecule has 0 saturated heterocycles. The molecule has 0 aromatic heterocycles. The van der Waals surface area contributed by atoms with Gasteiger partial charge in [0, 0.05) is 16.1 Å². The monoisotopic (exact) mass is 353 g/mol. The maximum absolute atomic E-state index is 3.83. The molecule has 0 saturated carbocycles. The zero-order chi connectivity index (χ0) is 15.3. The van der Waals surface area contributed by atoms with Crippen LogP contribution in [0.15, 0.2) is 53.0 Å². The number of benzene rings is 2. The Hall–Kier alpha value is -1.54. The van der Waals surface area contributed by atoms with Crippen molar-refractivity contribution >= 4 is 21.6 Å². The van der Waals surface area contributed by atoms with Crippen molar-refractivity contribution in [2.45, 2.75) is 32.2 Å². The van der Waals surface area contributed by atoms with Crippen LogP contribution in [0.3, 0.4) is 0 Å². The van der Waals surface area contributed by atoms with Gasteiger partial charge in [-0.25, -0.2) is 0 Å². The lowest BCUT2D eigenvalue weighted by molar-refractivity contribution is 0.424. The van der Waals surface area contributed by atoms with E-state index in [0.717, 1.165) is 10.9 Å². The van der Waals surface area contributed by atoms with Gasteiger partial charge in [0.1, 0.15) is 0 Å². The number of allylic oxidation sites excluding steroid dienone is 2. The molecule has 1 nitrogen and oxygen atoms in total. The zero-order valence-corrected chi connectivity index (χ0v) is 14.5. The molecule has 0 spiro atoms. The van der Waals surface area contributed by atoms with E-state index in [2.05, 4.69) is 83.6 Å². The van der Waals surface area contributed by atoms with E-state index in [9.17, 15) is 0 Å². The molecule has 0 unspecified atom stereocenters. The van der Waals surface area contributed by atoms with Crippen LogP contribution in [0.2, 0.25) is 0 Å². The van der Waals surface area contributed by atoms with Crippen molar-refractivity contribution in [1.82, 2.24) is 0 Å². The molecular weight excluding hydrogens is 334 g/mol. The molecule has 1 aliphatic carbocycles. The maximum Gasteiger partial charge on any atom is 0.0554 e. The lowest BCUT2D eigenvalue weighted by atomic mass is 9.75. The Bertz CT molecular complexity index is 762. The van der Waals surface area contributed by atoms with Gasteiger partial charge in [0.05, 0.1) is 6.04 Å². The summed E-state index contributed by atoms with van der Waals surface area (Å²) in [7, 11) is 0. The summed E-state index contributed by atoms with van der Waals surface area (Å²) >= 11 is 3.61. The highest BCUT2D eigenvalue weighted by Crippen LogP contribution is 2.51. The van der Waals surface area contributed by atoms with Crippen molar-refractivity contribution in [2.75, 3.05) is 5.32 Å². The second kappa shape index (κ2) is 5.27. The van der Waals surface area contributed by atoms with E-state index in [1.165, 1.54) is 27.9 Å². The highest BCUT2D eigenvalue weighted by atomic mass is 79.9. The molecule has 1 aliphatic heterocycles. The number of hydrogen-bond donors (Lipinski definition) is 1. The molecule has 2 heteroatoms. The molecule has 3 atom stereocenters. The third-order valence-corrected chi connectivity index (χ3v) is 5.52. The summed E-state index contributed by atoms with van der Waals surface area (Å²) in [6.07, 6.45) is 5.93. The van der Waals surface area contributed by atoms with Gasteiger partial charge < -0.3 is 5.32 Å². The van der Waals surface area contributed by atoms with Crippen molar-refractivity contribution in [3.63, 3.8) is 0 Å². The molecular formula is C20H20BrN. The lowest BCUT2D eigenvalue weighted by Crippen LogP contribution is -2.29. The summed E-state index contributed by atoms with van der Waals surface area (Å²) in [4.78, 5) is 0. The fourth-order valence-corrected chi connectivity index (χ4v) is 4.59. The minimum Gasteiger partial charge on any atom is -0.378 e. The topological polar surface area (TPSA) is 12.0 Å². The van der Waals surface area contributed by atoms with Gasteiger partial charge in [0.15, 0.2) is 0 Å². The molecule has 2 aromatic carbocycles. The van der Waals surface area contributed by atoms with Gasteiger partial charge in [-0.05, 0) is 66.6 Å². The van der Waals surface area contributed by atoms with Crippen LogP contribution in [0.5, 0.6) is 0 Å². The minimum absolute atomic E-state index is 0.381. The summed E-state index contributed by atoms with van der Waals surface area (Å²) in [5.74, 6) is 1.16. The fraction of sp³-hybridized carbons (Fsp3) is 0.300. The van der Waals surface area contributed by atoms with E-state index in [-0.39, 0.29) is 0 Å². The molecule has 2 aliphatic rings. The van der Waals surface area contributed by atoms with Crippen LogP contribution >= 0.6 is 15.9 Å². The number of anilines is 1. The predicted octanol–water partition coefficient (Wildman–Crippen LogP) is 5.89. The molecule has 112 valence electrons. The second-order valence-corrected chi connectivity index (χ2v) is 7.49. The maximum atomic E-state index is 3.83. The van der Waals surface area contributed by atoms with Gasteiger partial charge >= 0.3 is 0 Å². The summed E-state index contributed by atoms with van der Waals surface area (Å²) in [6, 6.07) is 13.7. The lowest BCUT2D eigenvalue weighted by Gasteiger charge is -2.38. The fourth-order valence-electron chi connectivity index (χ4n) is 4.17. The Morgan fingerprint density at radius 2 is 2.00 bits per heavy atom. The van der Waals surface area contributed by atoms with Crippen molar-refractivity contribution in [3.05, 3.63) is 75.3 Å². The van der Waals surface area contributed by atoms with Crippen LogP contribution in [-0.4, -0.2) is 0 Å². The molecule has 0 fully saturated rings. The zero-order valence-electron chi connectivity index (χ0n) is 12.9. The summed E-state index contributed by atoms with van der Waals surface area (Å²) < 4.78 is 1.15. The molecule has 4 rings (SSSR count). The minimum atomic E-state index is 0.381. The normalized spacial score (nSPS) is 25.5. The highest BCUT2D eigenvalue weighted by Gasteiger charge is 2.38. The van der Waals surface area contributed by atoms with Gasteiger partial charge in [0.2, 0.25) is 0 Å². The summed E-state index contributed by atoms with van der Waals surface area (Å²) in [5, 5.41) is 3.83. The van der Waals surface area contributed by atoms with Crippen LogP contribution in [0.4, 0.5) is 5.69 Å². The summed E-state index contributed by atoms with van der Waals surface area (Å²) in [5.41, 5.74) is 6.93.